The first-order valence-electron chi connectivity index (χ1n) is 15.2. The van der Waals surface area contributed by atoms with E-state index in [4.69, 9.17) is 9.05 Å². The molecule has 1 N–H and O–H groups in total. The van der Waals surface area contributed by atoms with Gasteiger partial charge in [-0.3, -0.25) is 0 Å². The Morgan fingerprint density at radius 1 is 0.600 bits per heavy atom. The van der Waals surface area contributed by atoms with Crippen LogP contribution < -0.4 is 9.05 Å². The van der Waals surface area contributed by atoms with Gasteiger partial charge in [0.05, 0.1) is 0 Å². The van der Waals surface area contributed by atoms with Crippen LogP contribution in [0.5, 0.6) is 11.5 Å². The molecule has 4 fully saturated rings. The topological polar surface area (TPSA) is 38.7 Å². The molecule has 5 heteroatoms. The Balaban J connectivity index is 1.34. The maximum absolute atomic E-state index is 12.3. The third kappa shape index (κ3) is 6.75. The van der Waals surface area contributed by atoms with Crippen molar-refractivity contribution in [3.8, 4) is 11.5 Å². The van der Waals surface area contributed by atoms with Gasteiger partial charge in [-0.1, -0.05) is 0 Å². The Morgan fingerprint density at radius 2 is 1.03 bits per heavy atom. The van der Waals surface area contributed by atoms with E-state index in [0.717, 1.165) is 48.5 Å². The molecule has 0 atom stereocenters. The molecule has 5 rings (SSSR count). The van der Waals surface area contributed by atoms with Gasteiger partial charge < -0.3 is 0 Å². The van der Waals surface area contributed by atoms with Crippen molar-refractivity contribution in [2.24, 2.45) is 0 Å². The van der Waals surface area contributed by atoms with Crippen LogP contribution in [0, 0.1) is 0 Å². The molecule has 0 spiro atoms. The van der Waals surface area contributed by atoms with Crippen LogP contribution in [0.25, 0.3) is 0 Å². The second-order valence-electron chi connectivity index (χ2n) is 12.0. The number of hydrogen-bond donors (Lipinski definition) is 1. The molecule has 0 heterocycles. The SMILES string of the molecule is O[PH](Oc1cccc(OP(C2CCCCC2)C2CCCCC2)c1)(C1CCCCC1)C1CCCCC1. The van der Waals surface area contributed by atoms with Gasteiger partial charge in [-0.05, 0) is 0 Å². The standard InChI is InChI=1S/C30H50O3P2/c31-35(29-20-9-3-10-21-29,30-22-11-4-12-23-30)33-26-15-13-14-25(24-26)32-34(27-16-5-1-6-17-27)28-18-7-2-8-19-28/h13-15,24,27-31,35H,1-12,16-23H2. The summed E-state index contributed by atoms with van der Waals surface area (Å²) in [5.41, 5.74) is 2.32. The van der Waals surface area contributed by atoms with Crippen LogP contribution >= 0.6 is 15.9 Å². The Bertz CT molecular complexity index is 727. The molecule has 0 radical (unpaired) electrons. The summed E-state index contributed by atoms with van der Waals surface area (Å²) in [5, 5.41) is 0. The average molecular weight is 521 g/mol. The summed E-state index contributed by atoms with van der Waals surface area (Å²) in [7, 11) is -3.32. The van der Waals surface area contributed by atoms with Crippen LogP contribution in [-0.4, -0.2) is 27.5 Å². The van der Waals surface area contributed by atoms with Crippen LogP contribution in [0.1, 0.15) is 128 Å². The van der Waals surface area contributed by atoms with E-state index >= 15 is 0 Å². The van der Waals surface area contributed by atoms with E-state index in [-0.39, 0.29) is 0 Å². The third-order valence-electron chi connectivity index (χ3n) is 9.55. The normalized spacial score (nSPS) is 25.0. The Kier molecular flexibility index (Phi) is 9.70. The van der Waals surface area contributed by atoms with Gasteiger partial charge in [0.25, 0.3) is 0 Å². The first-order chi connectivity index (χ1) is 17.2. The molecule has 0 aliphatic heterocycles. The van der Waals surface area contributed by atoms with Crippen LogP contribution in [-0.2, 0) is 0 Å². The summed E-state index contributed by atoms with van der Waals surface area (Å²) >= 11 is 0. The second kappa shape index (κ2) is 12.9. The van der Waals surface area contributed by atoms with Gasteiger partial charge in [0.15, 0.2) is 0 Å². The average Bonchev–Trinajstić information content (AvgIpc) is 2.94. The van der Waals surface area contributed by atoms with E-state index in [1.165, 1.54) is 103 Å². The van der Waals surface area contributed by atoms with E-state index in [9.17, 15) is 4.89 Å². The van der Waals surface area contributed by atoms with Crippen molar-refractivity contribution in [3.05, 3.63) is 24.3 Å². The molecule has 1 aromatic carbocycles. The van der Waals surface area contributed by atoms with Crippen molar-refractivity contribution in [2.75, 3.05) is 0 Å². The molecule has 4 saturated carbocycles. The van der Waals surface area contributed by atoms with Crippen molar-refractivity contribution in [2.45, 2.75) is 151 Å². The zero-order valence-electron chi connectivity index (χ0n) is 22.0. The van der Waals surface area contributed by atoms with Gasteiger partial charge in [-0.2, -0.15) is 0 Å². The molecule has 4 aliphatic carbocycles. The first kappa shape index (κ1) is 26.3. The molecule has 0 saturated heterocycles. The fraction of sp³-hybridized carbons (Fsp3) is 0.800. The van der Waals surface area contributed by atoms with Gasteiger partial charge in [0, 0.05) is 0 Å². The fourth-order valence-corrected chi connectivity index (χ4v) is 14.5. The van der Waals surface area contributed by atoms with Gasteiger partial charge >= 0.3 is 217 Å². The van der Waals surface area contributed by atoms with Crippen LogP contribution in [0.4, 0.5) is 0 Å². The van der Waals surface area contributed by atoms with Crippen molar-refractivity contribution < 1.29 is 13.9 Å². The van der Waals surface area contributed by atoms with Gasteiger partial charge in [0.2, 0.25) is 0 Å². The van der Waals surface area contributed by atoms with Crippen molar-refractivity contribution in [3.63, 3.8) is 0 Å². The van der Waals surface area contributed by atoms with Crippen molar-refractivity contribution in [1.29, 1.82) is 0 Å². The van der Waals surface area contributed by atoms with Gasteiger partial charge in [0.1, 0.15) is 0 Å². The summed E-state index contributed by atoms with van der Waals surface area (Å²) < 4.78 is 13.8. The van der Waals surface area contributed by atoms with Crippen molar-refractivity contribution >= 4 is 15.9 Å². The molecular weight excluding hydrogens is 470 g/mol. The molecule has 3 nitrogen and oxygen atoms in total. The van der Waals surface area contributed by atoms with Gasteiger partial charge in [-0.25, -0.2) is 0 Å². The van der Waals surface area contributed by atoms with E-state index in [1.54, 1.807) is 0 Å². The molecule has 0 unspecified atom stereocenters. The maximum atomic E-state index is 12.3. The summed E-state index contributed by atoms with van der Waals surface area (Å²) in [6.45, 7) is 0. The molecule has 0 bridgehead atoms. The predicted molar refractivity (Wildman–Crippen MR) is 153 cm³/mol. The summed E-state index contributed by atoms with van der Waals surface area (Å²) in [5.74, 6) is 1.86. The summed E-state index contributed by atoms with van der Waals surface area (Å²) in [6.07, 6.45) is 26.0. The Labute approximate surface area is 216 Å². The van der Waals surface area contributed by atoms with E-state index in [2.05, 4.69) is 24.3 Å². The summed E-state index contributed by atoms with van der Waals surface area (Å²) in [6, 6.07) is 8.48. The Hall–Kier alpha value is -0.360. The monoisotopic (exact) mass is 520 g/mol. The first-order valence-corrected chi connectivity index (χ1v) is 18.6. The van der Waals surface area contributed by atoms with Crippen LogP contribution in [0.3, 0.4) is 0 Å². The van der Waals surface area contributed by atoms with Crippen molar-refractivity contribution in [1.82, 2.24) is 0 Å². The van der Waals surface area contributed by atoms with E-state index < -0.39 is 15.9 Å². The zero-order chi connectivity index (χ0) is 23.9. The zero-order valence-corrected chi connectivity index (χ0v) is 23.9. The molecule has 4 aliphatic rings. The van der Waals surface area contributed by atoms with E-state index in [1.807, 2.05) is 0 Å². The van der Waals surface area contributed by atoms with Crippen LogP contribution in [0.15, 0.2) is 24.3 Å². The Morgan fingerprint density at radius 3 is 1.51 bits per heavy atom. The second-order valence-corrected chi connectivity index (χ2v) is 17.7. The summed E-state index contributed by atoms with van der Waals surface area (Å²) in [4.78, 5) is 12.3. The molecule has 1 aromatic rings. The number of hydrogen-bond acceptors (Lipinski definition) is 3. The molecular formula is C30H50O3P2. The molecule has 0 amide bonds. The van der Waals surface area contributed by atoms with Gasteiger partial charge in [-0.15, -0.1) is 0 Å². The third-order valence-corrected chi connectivity index (χ3v) is 16.5. The minimum absolute atomic E-state index is 0.394. The number of rotatable bonds is 8. The fourth-order valence-electron chi connectivity index (χ4n) is 7.56. The van der Waals surface area contributed by atoms with E-state index in [0.29, 0.717) is 11.3 Å². The quantitative estimate of drug-likeness (QED) is 0.347. The van der Waals surface area contributed by atoms with Crippen LogP contribution in [0.2, 0.25) is 0 Å². The minimum atomic E-state index is -2.87. The molecule has 35 heavy (non-hydrogen) atoms. The number of benzene rings is 1. The predicted octanol–water partition coefficient (Wildman–Crippen LogP) is 9.74. The molecule has 198 valence electrons. The molecule has 0 aromatic heterocycles.